The van der Waals surface area contributed by atoms with Gasteiger partial charge in [-0.2, -0.15) is 0 Å². The molecule has 0 unspecified atom stereocenters. The number of nitrogens with one attached hydrogen (secondary N) is 1. The molecule has 156 valence electrons. The molecule has 0 aliphatic carbocycles. The van der Waals surface area contributed by atoms with E-state index in [9.17, 15) is 9.59 Å². The first-order valence-electron chi connectivity index (χ1n) is 10.3. The monoisotopic (exact) mass is 412 g/mol. The summed E-state index contributed by atoms with van der Waals surface area (Å²) in [5.41, 5.74) is 3.59. The second-order valence-electron chi connectivity index (χ2n) is 7.34. The molecule has 3 aromatic rings. The highest BCUT2D eigenvalue weighted by Crippen LogP contribution is 2.34. The number of amides is 2. The Bertz CT molecular complexity index is 1130. The Balaban J connectivity index is 1.77. The lowest BCUT2D eigenvalue weighted by molar-refractivity contribution is -0.120. The lowest BCUT2D eigenvalue weighted by atomic mass is 10.0. The molecular weight excluding hydrogens is 388 g/mol. The first kappa shape index (κ1) is 20.4. The molecule has 2 amide bonds. The van der Waals surface area contributed by atoms with Crippen LogP contribution in [-0.2, 0) is 9.59 Å². The maximum atomic E-state index is 13.4. The van der Waals surface area contributed by atoms with E-state index < -0.39 is 0 Å². The summed E-state index contributed by atoms with van der Waals surface area (Å²) in [6.45, 7) is 4.63. The van der Waals surface area contributed by atoms with E-state index in [1.54, 1.807) is 12.1 Å². The van der Waals surface area contributed by atoms with Gasteiger partial charge in [-0.25, -0.2) is 4.90 Å². The van der Waals surface area contributed by atoms with Crippen molar-refractivity contribution in [2.75, 3.05) is 16.8 Å². The summed E-state index contributed by atoms with van der Waals surface area (Å²) in [7, 11) is 0. The predicted octanol–water partition coefficient (Wildman–Crippen LogP) is 5.18. The number of hydrogen-bond donors (Lipinski definition) is 1. The first-order valence-corrected chi connectivity index (χ1v) is 10.3. The predicted molar refractivity (Wildman–Crippen MR) is 123 cm³/mol. The number of ether oxygens (including phenoxy) is 1. The minimum absolute atomic E-state index is 0.269. The zero-order valence-electron chi connectivity index (χ0n) is 17.6. The topological polar surface area (TPSA) is 58.6 Å². The van der Waals surface area contributed by atoms with Gasteiger partial charge in [0.1, 0.15) is 11.4 Å². The van der Waals surface area contributed by atoms with Gasteiger partial charge < -0.3 is 10.1 Å². The molecule has 1 aliphatic heterocycles. The van der Waals surface area contributed by atoms with Crippen molar-refractivity contribution in [3.8, 4) is 5.75 Å². The van der Waals surface area contributed by atoms with E-state index >= 15 is 0 Å². The lowest BCUT2D eigenvalue weighted by Crippen LogP contribution is -2.32. The largest absolute Gasteiger partial charge is 0.494 e. The maximum absolute atomic E-state index is 13.4. The summed E-state index contributed by atoms with van der Waals surface area (Å²) in [6.07, 6.45) is 0.913. The van der Waals surface area contributed by atoms with Crippen LogP contribution in [0.5, 0.6) is 5.75 Å². The van der Waals surface area contributed by atoms with Gasteiger partial charge in [0, 0.05) is 5.69 Å². The lowest BCUT2D eigenvalue weighted by Gasteiger charge is -2.15. The normalized spacial score (nSPS) is 13.7. The van der Waals surface area contributed by atoms with Crippen LogP contribution in [0, 0.1) is 6.92 Å². The summed E-state index contributed by atoms with van der Waals surface area (Å²) in [5, 5.41) is 3.22. The molecule has 4 rings (SSSR count). The molecule has 0 radical (unpaired) electrons. The minimum atomic E-state index is -0.374. The van der Waals surface area contributed by atoms with Crippen molar-refractivity contribution in [1.29, 1.82) is 0 Å². The molecule has 1 N–H and O–H groups in total. The van der Waals surface area contributed by atoms with Crippen molar-refractivity contribution in [2.24, 2.45) is 0 Å². The maximum Gasteiger partial charge on any atom is 0.282 e. The Labute approximate surface area is 182 Å². The van der Waals surface area contributed by atoms with Crippen molar-refractivity contribution in [3.63, 3.8) is 0 Å². The first-order chi connectivity index (χ1) is 15.1. The van der Waals surface area contributed by atoms with Gasteiger partial charge in [0.25, 0.3) is 11.8 Å². The fraction of sp³-hybridized carbons (Fsp3) is 0.154. The third-order valence-corrected chi connectivity index (χ3v) is 5.12. The second-order valence-corrected chi connectivity index (χ2v) is 7.34. The fourth-order valence-electron chi connectivity index (χ4n) is 3.51. The van der Waals surface area contributed by atoms with Gasteiger partial charge in [0.15, 0.2) is 0 Å². The van der Waals surface area contributed by atoms with Crippen LogP contribution in [0.1, 0.15) is 24.5 Å². The van der Waals surface area contributed by atoms with Crippen molar-refractivity contribution < 1.29 is 14.3 Å². The minimum Gasteiger partial charge on any atom is -0.494 e. The number of aryl methyl sites for hydroxylation is 1. The highest BCUT2D eigenvalue weighted by Gasteiger charge is 2.40. The van der Waals surface area contributed by atoms with Gasteiger partial charge in [-0.15, -0.1) is 0 Å². The smallest absolute Gasteiger partial charge is 0.282 e. The number of para-hydroxylation sites is 2. The van der Waals surface area contributed by atoms with Crippen molar-refractivity contribution >= 4 is 28.8 Å². The Morgan fingerprint density at radius 3 is 2.19 bits per heavy atom. The Morgan fingerprint density at radius 1 is 0.839 bits per heavy atom. The number of nitrogens with zero attached hydrogens (tertiary/aromatic N) is 1. The molecule has 0 aromatic heterocycles. The van der Waals surface area contributed by atoms with Gasteiger partial charge in [0.05, 0.1) is 17.9 Å². The summed E-state index contributed by atoms with van der Waals surface area (Å²) < 4.78 is 5.66. The highest BCUT2D eigenvalue weighted by molar-refractivity contribution is 6.46. The summed E-state index contributed by atoms with van der Waals surface area (Å²) in [6, 6.07) is 23.9. The molecular formula is C26H24N2O3. The van der Waals surface area contributed by atoms with Gasteiger partial charge in [-0.3, -0.25) is 9.59 Å². The van der Waals surface area contributed by atoms with Crippen LogP contribution >= 0.6 is 0 Å². The Kier molecular flexibility index (Phi) is 5.85. The highest BCUT2D eigenvalue weighted by atomic mass is 16.5. The number of carbonyl (C=O) groups excluding carboxylic acids is 2. The molecule has 5 heteroatoms. The zero-order valence-corrected chi connectivity index (χ0v) is 17.6. The molecule has 3 aromatic carbocycles. The Morgan fingerprint density at radius 2 is 1.52 bits per heavy atom. The third kappa shape index (κ3) is 4.08. The van der Waals surface area contributed by atoms with E-state index in [4.69, 9.17) is 4.74 Å². The van der Waals surface area contributed by atoms with Crippen LogP contribution < -0.4 is 15.0 Å². The van der Waals surface area contributed by atoms with Crippen LogP contribution in [0.15, 0.2) is 84.6 Å². The fourth-order valence-corrected chi connectivity index (χ4v) is 3.51. The van der Waals surface area contributed by atoms with Crippen LogP contribution in [0.25, 0.3) is 5.57 Å². The van der Waals surface area contributed by atoms with E-state index in [1.807, 2.05) is 80.6 Å². The number of carbonyl (C=O) groups is 2. The standard InChI is InChI=1S/C26H24N2O3/c1-3-17-31-21-15-13-19(14-16-21)23-24(27-22-12-8-7-9-18(22)2)26(30)28(25(23)29)20-10-5-4-6-11-20/h4-16,27H,3,17H2,1-2H3. The van der Waals surface area contributed by atoms with E-state index in [0.29, 0.717) is 23.4 Å². The molecule has 0 saturated carbocycles. The second kappa shape index (κ2) is 8.88. The third-order valence-electron chi connectivity index (χ3n) is 5.12. The average Bonchev–Trinajstić information content (AvgIpc) is 3.04. The number of hydrogen-bond acceptors (Lipinski definition) is 4. The summed E-state index contributed by atoms with van der Waals surface area (Å²) in [5.74, 6) is 0.00609. The van der Waals surface area contributed by atoms with E-state index in [-0.39, 0.29) is 17.5 Å². The van der Waals surface area contributed by atoms with Gasteiger partial charge in [-0.05, 0) is 54.8 Å². The molecule has 0 spiro atoms. The zero-order chi connectivity index (χ0) is 21.8. The Hall–Kier alpha value is -3.86. The van der Waals surface area contributed by atoms with Crippen LogP contribution in [0.4, 0.5) is 11.4 Å². The van der Waals surface area contributed by atoms with E-state index in [0.717, 1.165) is 23.4 Å². The molecule has 0 atom stereocenters. The average molecular weight is 412 g/mol. The molecule has 1 heterocycles. The van der Waals surface area contributed by atoms with Crippen molar-refractivity contribution in [3.05, 3.63) is 95.7 Å². The van der Waals surface area contributed by atoms with Crippen LogP contribution in [-0.4, -0.2) is 18.4 Å². The molecule has 1 aliphatic rings. The molecule has 0 bridgehead atoms. The molecule has 31 heavy (non-hydrogen) atoms. The number of imide groups is 1. The van der Waals surface area contributed by atoms with Crippen LogP contribution in [0.2, 0.25) is 0 Å². The molecule has 0 fully saturated rings. The number of rotatable bonds is 7. The van der Waals surface area contributed by atoms with Gasteiger partial charge >= 0.3 is 0 Å². The SMILES string of the molecule is CCCOc1ccc(C2=C(Nc3ccccc3C)C(=O)N(c3ccccc3)C2=O)cc1. The van der Waals surface area contributed by atoms with Gasteiger partial charge in [-0.1, -0.05) is 55.5 Å². The van der Waals surface area contributed by atoms with Crippen molar-refractivity contribution in [2.45, 2.75) is 20.3 Å². The molecule has 0 saturated heterocycles. The number of anilines is 2. The summed E-state index contributed by atoms with van der Waals surface area (Å²) in [4.78, 5) is 28.0. The van der Waals surface area contributed by atoms with E-state index in [1.165, 1.54) is 4.90 Å². The van der Waals surface area contributed by atoms with Crippen molar-refractivity contribution in [1.82, 2.24) is 0 Å². The number of benzene rings is 3. The van der Waals surface area contributed by atoms with Gasteiger partial charge in [0.2, 0.25) is 0 Å². The molecule has 5 nitrogen and oxygen atoms in total. The summed E-state index contributed by atoms with van der Waals surface area (Å²) >= 11 is 0. The van der Waals surface area contributed by atoms with Crippen LogP contribution in [0.3, 0.4) is 0 Å². The quantitative estimate of drug-likeness (QED) is 0.543. The van der Waals surface area contributed by atoms with E-state index in [2.05, 4.69) is 5.32 Å².